The zero-order chi connectivity index (χ0) is 9.26. The summed E-state index contributed by atoms with van der Waals surface area (Å²) >= 11 is 0. The molecule has 0 N–H and O–H groups in total. The van der Waals surface area contributed by atoms with Gasteiger partial charge in [-0.05, 0) is 11.3 Å². The predicted molar refractivity (Wildman–Crippen MR) is 54.4 cm³/mol. The maximum absolute atomic E-state index is 5.63. The number of ether oxygens (including phenoxy) is 1. The van der Waals surface area contributed by atoms with E-state index in [-0.39, 0.29) is 0 Å². The third kappa shape index (κ3) is 1.46. The fourth-order valence-electron chi connectivity index (χ4n) is 1.68. The lowest BCUT2D eigenvalue weighted by molar-refractivity contribution is 0.291. The van der Waals surface area contributed by atoms with Crippen molar-refractivity contribution in [3.05, 3.63) is 34.7 Å². The standard InChI is InChI=1S/C12H14O/c1-9(2)12-11-6-4-3-5-10(11)7-8-13-12/h3-7,9H,8H2,1-2H3. The zero-order valence-electron chi connectivity index (χ0n) is 8.08. The molecule has 13 heavy (non-hydrogen) atoms. The molecule has 0 spiro atoms. The van der Waals surface area contributed by atoms with Crippen molar-refractivity contribution >= 4 is 11.8 Å². The van der Waals surface area contributed by atoms with Crippen LogP contribution in [0, 0.1) is 5.92 Å². The van der Waals surface area contributed by atoms with E-state index in [1.54, 1.807) is 0 Å². The highest BCUT2D eigenvalue weighted by Gasteiger charge is 2.08. The molecule has 0 unspecified atom stereocenters. The Morgan fingerprint density at radius 2 is 2.00 bits per heavy atom. The van der Waals surface area contributed by atoms with Gasteiger partial charge in [0.15, 0.2) is 0 Å². The number of benzene rings is 1. The van der Waals surface area contributed by atoms with Crippen LogP contribution in [0.15, 0.2) is 24.3 Å². The van der Waals surface area contributed by atoms with Crippen molar-refractivity contribution in [2.24, 2.45) is 5.92 Å². The second-order valence-electron chi connectivity index (χ2n) is 3.62. The van der Waals surface area contributed by atoms with Gasteiger partial charge < -0.3 is 4.74 Å². The highest BCUT2D eigenvalue weighted by Crippen LogP contribution is 2.11. The predicted octanol–water partition coefficient (Wildman–Crippen LogP) is 1.26. The topological polar surface area (TPSA) is 9.23 Å². The van der Waals surface area contributed by atoms with Crippen LogP contribution in [-0.2, 0) is 4.74 Å². The Balaban J connectivity index is 2.76. The van der Waals surface area contributed by atoms with E-state index in [2.05, 4.69) is 44.2 Å². The second-order valence-corrected chi connectivity index (χ2v) is 3.62. The Kier molecular flexibility index (Phi) is 2.09. The summed E-state index contributed by atoms with van der Waals surface area (Å²) in [5.41, 5.74) is 0. The minimum atomic E-state index is 0.467. The first kappa shape index (κ1) is 8.36. The molecule has 1 aliphatic heterocycles. The molecule has 1 heteroatoms. The van der Waals surface area contributed by atoms with Crippen LogP contribution in [0.25, 0.3) is 11.8 Å². The number of hydrogen-bond donors (Lipinski definition) is 0. The Hall–Kier alpha value is -1.24. The Labute approximate surface area is 78.3 Å². The molecule has 0 saturated carbocycles. The molecule has 0 atom stereocenters. The first-order chi connectivity index (χ1) is 6.29. The highest BCUT2D eigenvalue weighted by atomic mass is 16.5. The van der Waals surface area contributed by atoms with Crippen LogP contribution in [0.1, 0.15) is 13.8 Å². The molecule has 0 fully saturated rings. The summed E-state index contributed by atoms with van der Waals surface area (Å²) < 4.78 is 5.63. The average Bonchev–Trinajstić information content (AvgIpc) is 2.17. The van der Waals surface area contributed by atoms with Gasteiger partial charge in [0.05, 0.1) is 0 Å². The van der Waals surface area contributed by atoms with Crippen LogP contribution in [-0.4, -0.2) is 6.61 Å². The van der Waals surface area contributed by atoms with Gasteiger partial charge in [-0.15, -0.1) is 0 Å². The fourth-order valence-corrected chi connectivity index (χ4v) is 1.68. The van der Waals surface area contributed by atoms with Gasteiger partial charge in [-0.25, -0.2) is 0 Å². The molecule has 1 nitrogen and oxygen atoms in total. The van der Waals surface area contributed by atoms with Crippen molar-refractivity contribution in [2.75, 3.05) is 6.61 Å². The number of fused-ring (bicyclic) bond motifs is 1. The van der Waals surface area contributed by atoms with Gasteiger partial charge in [0.25, 0.3) is 0 Å². The van der Waals surface area contributed by atoms with Crippen LogP contribution >= 0.6 is 0 Å². The van der Waals surface area contributed by atoms with E-state index in [9.17, 15) is 0 Å². The smallest absolute Gasteiger partial charge is 0.107 e. The summed E-state index contributed by atoms with van der Waals surface area (Å²) in [6.07, 6.45) is 2.13. The van der Waals surface area contributed by atoms with E-state index in [4.69, 9.17) is 4.74 Å². The van der Waals surface area contributed by atoms with Crippen LogP contribution < -0.4 is 10.4 Å². The van der Waals surface area contributed by atoms with Crippen LogP contribution in [0.2, 0.25) is 0 Å². The average molecular weight is 174 g/mol. The van der Waals surface area contributed by atoms with E-state index in [0.717, 1.165) is 5.76 Å². The lowest BCUT2D eigenvalue weighted by atomic mass is 10.1. The first-order valence-electron chi connectivity index (χ1n) is 4.71. The summed E-state index contributed by atoms with van der Waals surface area (Å²) in [4.78, 5) is 0. The molecular formula is C12H14O. The van der Waals surface area contributed by atoms with E-state index in [0.29, 0.717) is 12.5 Å². The van der Waals surface area contributed by atoms with Crippen molar-refractivity contribution in [2.45, 2.75) is 13.8 Å². The quantitative estimate of drug-likeness (QED) is 0.623. The van der Waals surface area contributed by atoms with Gasteiger partial charge in [0, 0.05) is 11.1 Å². The Morgan fingerprint density at radius 1 is 1.23 bits per heavy atom. The molecule has 0 saturated heterocycles. The van der Waals surface area contributed by atoms with E-state index in [1.165, 1.54) is 10.4 Å². The Bertz CT molecular complexity index is 415. The van der Waals surface area contributed by atoms with Crippen LogP contribution in [0.3, 0.4) is 0 Å². The third-order valence-corrected chi connectivity index (χ3v) is 2.29. The lowest BCUT2D eigenvalue weighted by Gasteiger charge is -2.15. The fraction of sp³-hybridized carbons (Fsp3) is 0.333. The van der Waals surface area contributed by atoms with Crippen molar-refractivity contribution in [1.29, 1.82) is 0 Å². The SMILES string of the molecule is CC(C)C1=c2ccccc2=CCO1. The molecule has 2 rings (SSSR count). The van der Waals surface area contributed by atoms with Gasteiger partial charge in [0.2, 0.25) is 0 Å². The maximum atomic E-state index is 5.63. The Morgan fingerprint density at radius 3 is 2.77 bits per heavy atom. The number of hydrogen-bond acceptors (Lipinski definition) is 1. The largest absolute Gasteiger partial charge is 0.493 e. The number of rotatable bonds is 1. The molecule has 0 radical (unpaired) electrons. The van der Waals surface area contributed by atoms with Gasteiger partial charge in [0.1, 0.15) is 12.4 Å². The molecule has 1 aliphatic rings. The van der Waals surface area contributed by atoms with Crippen molar-refractivity contribution < 1.29 is 4.74 Å². The summed E-state index contributed by atoms with van der Waals surface area (Å²) in [5.74, 6) is 1.59. The van der Waals surface area contributed by atoms with Crippen molar-refractivity contribution in [1.82, 2.24) is 0 Å². The molecular weight excluding hydrogens is 160 g/mol. The van der Waals surface area contributed by atoms with Gasteiger partial charge in [-0.1, -0.05) is 38.1 Å². The van der Waals surface area contributed by atoms with E-state index < -0.39 is 0 Å². The van der Waals surface area contributed by atoms with Crippen molar-refractivity contribution in [3.8, 4) is 0 Å². The minimum Gasteiger partial charge on any atom is -0.493 e. The monoisotopic (exact) mass is 174 g/mol. The van der Waals surface area contributed by atoms with E-state index in [1.807, 2.05) is 0 Å². The minimum absolute atomic E-state index is 0.467. The van der Waals surface area contributed by atoms with Gasteiger partial charge >= 0.3 is 0 Å². The van der Waals surface area contributed by atoms with Crippen molar-refractivity contribution in [3.63, 3.8) is 0 Å². The lowest BCUT2D eigenvalue weighted by Crippen LogP contribution is -2.32. The molecule has 1 aromatic rings. The van der Waals surface area contributed by atoms with Crippen LogP contribution in [0.4, 0.5) is 0 Å². The first-order valence-corrected chi connectivity index (χ1v) is 4.71. The zero-order valence-corrected chi connectivity index (χ0v) is 8.08. The van der Waals surface area contributed by atoms with Gasteiger partial charge in [-0.3, -0.25) is 0 Å². The molecule has 1 aromatic carbocycles. The summed E-state index contributed by atoms with van der Waals surface area (Å²) in [6.45, 7) is 5.04. The molecule has 1 heterocycles. The normalized spacial score (nSPS) is 14.8. The highest BCUT2D eigenvalue weighted by molar-refractivity contribution is 5.45. The second kappa shape index (κ2) is 3.25. The molecule has 68 valence electrons. The molecule has 0 aliphatic carbocycles. The summed E-state index contributed by atoms with van der Waals surface area (Å²) in [7, 11) is 0. The van der Waals surface area contributed by atoms with Crippen LogP contribution in [0.5, 0.6) is 0 Å². The third-order valence-electron chi connectivity index (χ3n) is 2.29. The van der Waals surface area contributed by atoms with Gasteiger partial charge in [-0.2, -0.15) is 0 Å². The molecule has 0 bridgehead atoms. The maximum Gasteiger partial charge on any atom is 0.107 e. The molecule has 0 aromatic heterocycles. The summed E-state index contributed by atoms with van der Waals surface area (Å²) in [5, 5.41) is 2.56. The summed E-state index contributed by atoms with van der Waals surface area (Å²) in [6, 6.07) is 8.39. The van der Waals surface area contributed by atoms with E-state index >= 15 is 0 Å². The molecule has 0 amide bonds.